The molecule has 1 N–H and O–H groups in total. The van der Waals surface area contributed by atoms with E-state index in [2.05, 4.69) is 14.5 Å². The van der Waals surface area contributed by atoms with Crippen molar-refractivity contribution in [2.75, 3.05) is 13.9 Å². The zero-order valence-electron chi connectivity index (χ0n) is 14.7. The fraction of sp³-hybridized carbons (Fsp3) is 0.118. The molecule has 1 fully saturated rings. The predicted molar refractivity (Wildman–Crippen MR) is 107 cm³/mol. The van der Waals surface area contributed by atoms with Crippen LogP contribution in [0, 0.1) is 0 Å². The number of amidine groups is 1. The number of methoxy groups -OCH3 is 1. The minimum atomic E-state index is -4.09. The second-order valence-electron chi connectivity index (χ2n) is 5.66. The monoisotopic (exact) mass is 452 g/mol. The summed E-state index contributed by atoms with van der Waals surface area (Å²) >= 11 is 1.64. The molecule has 0 unspecified atom stereocenters. The number of benzene rings is 1. The van der Waals surface area contributed by atoms with Crippen LogP contribution in [0.3, 0.4) is 0 Å². The van der Waals surface area contributed by atoms with Crippen LogP contribution in [0.2, 0.25) is 0 Å². The lowest BCUT2D eigenvalue weighted by molar-refractivity contribution is -0.115. The number of hydrogen-bond acceptors (Lipinski definition) is 9. The Morgan fingerprint density at radius 2 is 2.03 bits per heavy atom. The van der Waals surface area contributed by atoms with Crippen molar-refractivity contribution in [2.45, 2.75) is 4.21 Å². The van der Waals surface area contributed by atoms with Crippen molar-refractivity contribution in [3.05, 3.63) is 45.7 Å². The van der Waals surface area contributed by atoms with Crippen molar-refractivity contribution < 1.29 is 32.2 Å². The van der Waals surface area contributed by atoms with E-state index in [1.165, 1.54) is 19.2 Å². The topological polar surface area (TPSA) is 120 Å². The molecule has 0 aliphatic carbocycles. The predicted octanol–water partition coefficient (Wildman–Crippen LogP) is 2.21. The highest BCUT2D eigenvalue weighted by molar-refractivity contribution is 8.19. The first-order chi connectivity index (χ1) is 13.9. The van der Waals surface area contributed by atoms with Crippen molar-refractivity contribution in [3.8, 4) is 11.5 Å². The Balaban J connectivity index is 1.56. The quantitative estimate of drug-likeness (QED) is 0.554. The van der Waals surface area contributed by atoms with Gasteiger partial charge in [-0.15, -0.1) is 15.7 Å². The van der Waals surface area contributed by atoms with Crippen molar-refractivity contribution in [1.82, 2.24) is 5.32 Å². The van der Waals surface area contributed by atoms with Crippen LogP contribution in [0.1, 0.15) is 15.2 Å². The molecule has 0 atom stereocenters. The largest absolute Gasteiger partial charge is 0.465 e. The van der Waals surface area contributed by atoms with Crippen LogP contribution in [-0.4, -0.2) is 39.4 Å². The normalized spacial score (nSPS) is 18.3. The molecule has 0 radical (unpaired) electrons. The number of ether oxygens (including phenoxy) is 3. The van der Waals surface area contributed by atoms with E-state index in [4.69, 9.17) is 9.47 Å². The molecule has 0 saturated carbocycles. The molecule has 1 aromatic carbocycles. The maximum atomic E-state index is 12.5. The summed E-state index contributed by atoms with van der Waals surface area (Å²) in [6, 6.07) is 7.80. The summed E-state index contributed by atoms with van der Waals surface area (Å²) in [5.74, 6) is 0.0780. The van der Waals surface area contributed by atoms with E-state index in [0.29, 0.717) is 17.1 Å². The molecular weight excluding hydrogens is 440 g/mol. The van der Waals surface area contributed by atoms with Gasteiger partial charge in [-0.25, -0.2) is 4.79 Å². The lowest BCUT2D eigenvalue weighted by Crippen LogP contribution is -2.20. The summed E-state index contributed by atoms with van der Waals surface area (Å²) in [7, 11) is -2.89. The highest BCUT2D eigenvalue weighted by Crippen LogP contribution is 2.35. The summed E-state index contributed by atoms with van der Waals surface area (Å²) in [5, 5.41) is 2.35. The van der Waals surface area contributed by atoms with Gasteiger partial charge in [-0.3, -0.25) is 10.1 Å². The summed E-state index contributed by atoms with van der Waals surface area (Å²) in [5.41, 5.74) is 0.692. The Morgan fingerprint density at radius 1 is 1.24 bits per heavy atom. The summed E-state index contributed by atoms with van der Waals surface area (Å²) in [4.78, 5) is 24.1. The molecule has 2 aromatic rings. The molecule has 1 saturated heterocycles. The van der Waals surface area contributed by atoms with E-state index in [1.807, 2.05) is 0 Å². The Hall–Kier alpha value is -2.83. The van der Waals surface area contributed by atoms with E-state index in [-0.39, 0.29) is 26.0 Å². The second-order valence-corrected chi connectivity index (χ2v) is 9.60. The van der Waals surface area contributed by atoms with Gasteiger partial charge in [-0.2, -0.15) is 8.42 Å². The van der Waals surface area contributed by atoms with Gasteiger partial charge in [-0.05, 0) is 47.7 Å². The van der Waals surface area contributed by atoms with E-state index in [1.54, 1.807) is 24.3 Å². The number of rotatable bonds is 4. The lowest BCUT2D eigenvalue weighted by atomic mass is 10.2. The molecule has 12 heteroatoms. The number of fused-ring (bicyclic) bond motifs is 1. The molecule has 0 bridgehead atoms. The number of carbonyl (C=O) groups is 2. The highest BCUT2D eigenvalue weighted by Gasteiger charge is 2.28. The summed E-state index contributed by atoms with van der Waals surface area (Å²) < 4.78 is 43.6. The van der Waals surface area contributed by atoms with E-state index in [0.717, 1.165) is 23.1 Å². The van der Waals surface area contributed by atoms with Crippen molar-refractivity contribution in [1.29, 1.82) is 0 Å². The van der Waals surface area contributed by atoms with Gasteiger partial charge in [0, 0.05) is 0 Å². The number of hydrogen-bond donors (Lipinski definition) is 1. The number of sulfonamides is 1. The van der Waals surface area contributed by atoms with E-state index < -0.39 is 21.9 Å². The van der Waals surface area contributed by atoms with E-state index in [9.17, 15) is 18.0 Å². The minimum Gasteiger partial charge on any atom is -0.465 e. The van der Waals surface area contributed by atoms with Gasteiger partial charge in [-0.1, -0.05) is 6.07 Å². The third-order valence-electron chi connectivity index (χ3n) is 3.77. The smallest absolute Gasteiger partial charge is 0.348 e. The van der Waals surface area contributed by atoms with E-state index >= 15 is 0 Å². The molecule has 2 aliphatic heterocycles. The van der Waals surface area contributed by atoms with Gasteiger partial charge in [0.15, 0.2) is 16.7 Å². The van der Waals surface area contributed by atoms with Crippen LogP contribution in [0.4, 0.5) is 0 Å². The molecule has 1 aromatic heterocycles. The van der Waals surface area contributed by atoms with Crippen LogP contribution in [0.15, 0.2) is 43.8 Å². The number of thiophene rings is 1. The maximum absolute atomic E-state index is 12.5. The second kappa shape index (κ2) is 7.54. The molecule has 9 nitrogen and oxygen atoms in total. The lowest BCUT2D eigenvalue weighted by Gasteiger charge is -1.98. The number of nitrogens with one attached hydrogen (secondary N) is 1. The van der Waals surface area contributed by atoms with Gasteiger partial charge in [0.25, 0.3) is 15.9 Å². The highest BCUT2D eigenvalue weighted by atomic mass is 32.2. The number of thioether (sulfide) groups is 1. The zero-order chi connectivity index (χ0) is 20.6. The van der Waals surface area contributed by atoms with Gasteiger partial charge in [0.1, 0.15) is 9.09 Å². The van der Waals surface area contributed by atoms with Crippen molar-refractivity contribution in [2.24, 2.45) is 4.40 Å². The van der Waals surface area contributed by atoms with Gasteiger partial charge < -0.3 is 14.2 Å². The average Bonchev–Trinajstić information content (AvgIpc) is 3.41. The van der Waals surface area contributed by atoms with Crippen LogP contribution >= 0.6 is 23.1 Å². The number of carbonyl (C=O) groups excluding carboxylic acids is 2. The Kier molecular flexibility index (Phi) is 5.06. The first-order valence-corrected chi connectivity index (χ1v) is 11.1. The van der Waals surface area contributed by atoms with Crippen LogP contribution in [0.5, 0.6) is 11.5 Å². The molecule has 29 heavy (non-hydrogen) atoms. The van der Waals surface area contributed by atoms with Crippen LogP contribution < -0.4 is 14.8 Å². The maximum Gasteiger partial charge on any atom is 0.348 e. The first-order valence-electron chi connectivity index (χ1n) is 7.99. The van der Waals surface area contributed by atoms with Gasteiger partial charge in [0.05, 0.1) is 12.0 Å². The summed E-state index contributed by atoms with van der Waals surface area (Å²) in [6.07, 6.45) is 1.59. The fourth-order valence-corrected chi connectivity index (χ4v) is 5.63. The first kappa shape index (κ1) is 19.5. The summed E-state index contributed by atoms with van der Waals surface area (Å²) in [6.45, 7) is 0.139. The molecule has 4 rings (SSSR count). The SMILES string of the molecule is COC(=O)c1ccc(S(=O)(=O)/N=C2/NC(=O)/C(=C/c3ccc4c(c3)OCO4)S2)s1. The third kappa shape index (κ3) is 3.99. The Labute approximate surface area is 173 Å². The molecule has 2 aliphatic rings. The number of nitrogens with zero attached hydrogens (tertiary/aromatic N) is 1. The molecule has 150 valence electrons. The molecule has 1 amide bonds. The number of esters is 1. The minimum absolute atomic E-state index is 0.0741. The van der Waals surface area contributed by atoms with Crippen molar-refractivity contribution in [3.63, 3.8) is 0 Å². The number of amides is 1. The third-order valence-corrected chi connectivity index (χ3v) is 7.61. The van der Waals surface area contributed by atoms with Crippen molar-refractivity contribution >= 4 is 56.2 Å². The molecule has 0 spiro atoms. The van der Waals surface area contributed by atoms with Crippen LogP contribution in [0.25, 0.3) is 6.08 Å². The molecule has 3 heterocycles. The average molecular weight is 452 g/mol. The zero-order valence-corrected chi connectivity index (χ0v) is 17.2. The standard InChI is InChI=1S/C17H12N2O7S3/c1-24-16(21)12-4-5-14(27-12)29(22,23)19-17-18-15(20)13(28-17)7-9-2-3-10-11(6-9)26-8-25-10/h2-7H,8H2,1H3,(H,18,19,20)/b13-7-. The van der Waals surface area contributed by atoms with Gasteiger partial charge in [0.2, 0.25) is 6.79 Å². The Bertz CT molecular complexity index is 1180. The molecular formula is C17H12N2O7S3. The fourth-order valence-electron chi connectivity index (χ4n) is 2.45. The van der Waals surface area contributed by atoms with Gasteiger partial charge >= 0.3 is 5.97 Å². The Morgan fingerprint density at radius 3 is 2.83 bits per heavy atom. The van der Waals surface area contributed by atoms with Crippen LogP contribution in [-0.2, 0) is 19.6 Å².